The molecule has 1 spiro atoms. The van der Waals surface area contributed by atoms with Gasteiger partial charge in [0.25, 0.3) is 0 Å². The van der Waals surface area contributed by atoms with E-state index >= 15 is 0 Å². The normalized spacial score (nSPS) is 33.8. The second-order valence-electron chi connectivity index (χ2n) is 11.6. The maximum Gasteiger partial charge on any atom is 0.248 e. The van der Waals surface area contributed by atoms with Crippen LogP contribution < -0.4 is 0 Å². The number of aliphatic hydroxyl groups is 1. The first-order valence-electron chi connectivity index (χ1n) is 14.1. The zero-order chi connectivity index (χ0) is 27.0. The van der Waals surface area contributed by atoms with Gasteiger partial charge in [-0.25, -0.2) is 0 Å². The van der Waals surface area contributed by atoms with Crippen LogP contribution in [0.4, 0.5) is 0 Å². The highest BCUT2D eigenvalue weighted by molar-refractivity contribution is 5.99. The quantitative estimate of drug-likeness (QED) is 0.428. The Morgan fingerprint density at radius 3 is 2.43 bits per heavy atom. The van der Waals surface area contributed by atoms with Crippen molar-refractivity contribution < 1.29 is 24.2 Å². The highest BCUT2D eigenvalue weighted by Gasteiger charge is 2.78. The van der Waals surface area contributed by atoms with Crippen LogP contribution in [-0.2, 0) is 19.1 Å². The number of fused-ring (bicyclic) bond motifs is 1. The molecule has 0 aromatic heterocycles. The van der Waals surface area contributed by atoms with Crippen molar-refractivity contribution in [2.24, 2.45) is 11.8 Å². The summed E-state index contributed by atoms with van der Waals surface area (Å²) in [6.07, 6.45) is 10.6. The molecule has 0 aromatic carbocycles. The number of ether oxygens (including phenoxy) is 1. The Balaban J connectivity index is 1.77. The molecular weight excluding hydrogens is 470 g/mol. The molecule has 3 saturated heterocycles. The van der Waals surface area contributed by atoms with Gasteiger partial charge in [-0.1, -0.05) is 38.3 Å². The van der Waals surface area contributed by atoms with Crippen molar-refractivity contribution >= 4 is 17.7 Å². The van der Waals surface area contributed by atoms with Gasteiger partial charge in [0.2, 0.25) is 17.7 Å². The van der Waals surface area contributed by atoms with Crippen LogP contribution in [0.2, 0.25) is 0 Å². The smallest absolute Gasteiger partial charge is 0.248 e. The van der Waals surface area contributed by atoms with E-state index in [-0.39, 0.29) is 30.4 Å². The summed E-state index contributed by atoms with van der Waals surface area (Å²) in [6.45, 7) is 14.5. The number of carbonyl (C=O) groups is 3. The van der Waals surface area contributed by atoms with Crippen LogP contribution in [0, 0.1) is 11.8 Å². The lowest BCUT2D eigenvalue weighted by Gasteiger charge is -2.42. The van der Waals surface area contributed by atoms with E-state index in [0.29, 0.717) is 32.5 Å². The van der Waals surface area contributed by atoms with E-state index in [0.717, 1.165) is 32.1 Å². The standard InChI is InChI=1S/C29H45N3O5/c1-6-16-30(17-7-2)25(34)22-23-26(35)32(20(4)19-33)24(29(23)15-14-28(22,5)37-29)27(36)31(18-8-3)21-12-10-9-11-13-21/h6,8,20-24,33H,1,3,7,9-19H2,2,4-5H3/t20-,22+,23+,24?,28-,29?/m1/s1. The predicted octanol–water partition coefficient (Wildman–Crippen LogP) is 2.90. The van der Waals surface area contributed by atoms with E-state index in [2.05, 4.69) is 13.2 Å². The lowest BCUT2D eigenvalue weighted by atomic mass is 9.66. The Morgan fingerprint density at radius 1 is 1.16 bits per heavy atom. The van der Waals surface area contributed by atoms with Crippen LogP contribution in [0.5, 0.6) is 0 Å². The molecule has 1 saturated carbocycles. The van der Waals surface area contributed by atoms with E-state index in [4.69, 9.17) is 4.74 Å². The Bertz CT molecular complexity index is 917. The summed E-state index contributed by atoms with van der Waals surface area (Å²) in [5, 5.41) is 10.1. The molecule has 0 radical (unpaired) electrons. The highest BCUT2D eigenvalue weighted by atomic mass is 16.5. The molecule has 4 rings (SSSR count). The van der Waals surface area contributed by atoms with Crippen LogP contribution in [0.15, 0.2) is 25.3 Å². The summed E-state index contributed by atoms with van der Waals surface area (Å²) in [4.78, 5) is 47.8. The molecule has 4 aliphatic rings. The number of amides is 3. The number of nitrogens with zero attached hydrogens (tertiary/aromatic N) is 3. The molecule has 3 amide bonds. The van der Waals surface area contributed by atoms with Crippen LogP contribution >= 0.6 is 0 Å². The largest absolute Gasteiger partial charge is 0.394 e. The number of hydrogen-bond acceptors (Lipinski definition) is 5. The van der Waals surface area contributed by atoms with Crippen LogP contribution in [0.25, 0.3) is 0 Å². The van der Waals surface area contributed by atoms with Crippen molar-refractivity contribution in [1.82, 2.24) is 14.7 Å². The third kappa shape index (κ3) is 4.44. The first kappa shape index (κ1) is 27.8. The summed E-state index contributed by atoms with van der Waals surface area (Å²) >= 11 is 0. The first-order valence-corrected chi connectivity index (χ1v) is 14.1. The second-order valence-corrected chi connectivity index (χ2v) is 11.6. The fourth-order valence-electron chi connectivity index (χ4n) is 7.60. The van der Waals surface area contributed by atoms with Crippen LogP contribution in [0.3, 0.4) is 0 Å². The third-order valence-corrected chi connectivity index (χ3v) is 9.23. The Labute approximate surface area is 221 Å². The van der Waals surface area contributed by atoms with Gasteiger partial charge in [0.1, 0.15) is 11.6 Å². The van der Waals surface area contributed by atoms with E-state index in [1.165, 1.54) is 6.42 Å². The second kappa shape index (κ2) is 10.9. The number of likely N-dealkylation sites (tertiary alicyclic amines) is 1. The van der Waals surface area contributed by atoms with Gasteiger partial charge in [0, 0.05) is 25.7 Å². The Kier molecular flexibility index (Phi) is 8.19. The van der Waals surface area contributed by atoms with Crippen molar-refractivity contribution in [3.05, 3.63) is 25.3 Å². The van der Waals surface area contributed by atoms with E-state index < -0.39 is 35.1 Å². The van der Waals surface area contributed by atoms with Crippen LogP contribution in [-0.4, -0.2) is 93.1 Å². The van der Waals surface area contributed by atoms with Crippen molar-refractivity contribution in [2.45, 2.75) is 101 Å². The predicted molar refractivity (Wildman–Crippen MR) is 141 cm³/mol. The molecule has 3 aliphatic heterocycles. The lowest BCUT2D eigenvalue weighted by Crippen LogP contribution is -2.60. The Morgan fingerprint density at radius 2 is 1.84 bits per heavy atom. The van der Waals surface area contributed by atoms with Gasteiger partial charge in [0.15, 0.2) is 0 Å². The maximum absolute atomic E-state index is 14.5. The molecule has 6 atom stereocenters. The molecular formula is C29H45N3O5. The Hall–Kier alpha value is -2.19. The number of rotatable bonds is 11. The number of hydrogen-bond donors (Lipinski definition) is 1. The van der Waals surface area contributed by atoms with Crippen molar-refractivity contribution in [3.8, 4) is 0 Å². The molecule has 206 valence electrons. The van der Waals surface area contributed by atoms with Crippen molar-refractivity contribution in [1.29, 1.82) is 0 Å². The van der Waals surface area contributed by atoms with E-state index in [9.17, 15) is 19.5 Å². The minimum atomic E-state index is -1.08. The van der Waals surface area contributed by atoms with Crippen molar-refractivity contribution in [2.75, 3.05) is 26.2 Å². The third-order valence-electron chi connectivity index (χ3n) is 9.23. The zero-order valence-corrected chi connectivity index (χ0v) is 22.9. The molecule has 2 bridgehead atoms. The van der Waals surface area contributed by atoms with Crippen LogP contribution in [0.1, 0.15) is 72.1 Å². The highest BCUT2D eigenvalue weighted by Crippen LogP contribution is 2.64. The average molecular weight is 516 g/mol. The maximum atomic E-state index is 14.5. The van der Waals surface area contributed by atoms with E-state index in [1.54, 1.807) is 28.9 Å². The molecule has 4 fully saturated rings. The summed E-state index contributed by atoms with van der Waals surface area (Å²) in [6, 6.07) is -1.34. The van der Waals surface area contributed by atoms with Gasteiger partial charge < -0.3 is 24.5 Å². The molecule has 37 heavy (non-hydrogen) atoms. The summed E-state index contributed by atoms with van der Waals surface area (Å²) in [5.41, 5.74) is -1.89. The summed E-state index contributed by atoms with van der Waals surface area (Å²) in [7, 11) is 0. The van der Waals surface area contributed by atoms with Gasteiger partial charge in [-0.2, -0.15) is 0 Å². The number of carbonyl (C=O) groups excluding carboxylic acids is 3. The lowest BCUT2D eigenvalue weighted by molar-refractivity contribution is -0.157. The van der Waals surface area contributed by atoms with Crippen molar-refractivity contribution in [3.63, 3.8) is 0 Å². The van der Waals surface area contributed by atoms with Gasteiger partial charge in [-0.3, -0.25) is 14.4 Å². The van der Waals surface area contributed by atoms with Gasteiger partial charge >= 0.3 is 0 Å². The average Bonchev–Trinajstić information content (AvgIpc) is 3.47. The fraction of sp³-hybridized carbons (Fsp3) is 0.759. The van der Waals surface area contributed by atoms with E-state index in [1.807, 2.05) is 18.7 Å². The van der Waals surface area contributed by atoms with Gasteiger partial charge in [0.05, 0.1) is 30.1 Å². The first-order chi connectivity index (χ1) is 17.7. The molecule has 1 N–H and O–H groups in total. The molecule has 2 unspecified atom stereocenters. The SMILES string of the molecule is C=CCN(CCC)C(=O)[C@@H]1[C@H]2C(=O)N([C@H](C)CO)C(C(=O)N(CC=C)C3CCCCC3)C23CC[C@@]1(C)O3. The zero-order valence-electron chi connectivity index (χ0n) is 22.9. The molecule has 8 heteroatoms. The minimum absolute atomic E-state index is 0.0929. The fourth-order valence-corrected chi connectivity index (χ4v) is 7.60. The van der Waals surface area contributed by atoms with Gasteiger partial charge in [-0.05, 0) is 46.0 Å². The summed E-state index contributed by atoms with van der Waals surface area (Å²) < 4.78 is 6.77. The minimum Gasteiger partial charge on any atom is -0.394 e. The molecule has 0 aromatic rings. The molecule has 3 heterocycles. The molecule has 1 aliphatic carbocycles. The summed E-state index contributed by atoms with van der Waals surface area (Å²) in [5.74, 6) is -1.92. The topological polar surface area (TPSA) is 90.4 Å². The van der Waals surface area contributed by atoms with Gasteiger partial charge in [-0.15, -0.1) is 13.2 Å². The molecule has 8 nitrogen and oxygen atoms in total. The monoisotopic (exact) mass is 515 g/mol. The number of aliphatic hydroxyl groups excluding tert-OH is 1.